The van der Waals surface area contributed by atoms with Gasteiger partial charge >= 0.3 is 12.8 Å². The van der Waals surface area contributed by atoms with Gasteiger partial charge in [-0.15, -0.1) is 0 Å². The Morgan fingerprint density at radius 2 is 1.71 bits per heavy atom. The van der Waals surface area contributed by atoms with Gasteiger partial charge in [0, 0.05) is 12.4 Å². The first kappa shape index (κ1) is 17.9. The molecule has 3 heterocycles. The van der Waals surface area contributed by atoms with E-state index in [1.807, 2.05) is 0 Å². The predicted octanol–water partition coefficient (Wildman–Crippen LogP) is 3.65. The molecule has 0 atom stereocenters. The summed E-state index contributed by atoms with van der Waals surface area (Å²) in [5.74, 6) is -0.165. The van der Waals surface area contributed by atoms with Crippen LogP contribution in [0.15, 0.2) is 53.6 Å². The molecule has 0 bridgehead atoms. The second-order valence-electron chi connectivity index (χ2n) is 5.67. The van der Waals surface area contributed by atoms with Crippen molar-refractivity contribution in [1.29, 1.82) is 0 Å². The van der Waals surface area contributed by atoms with E-state index in [4.69, 9.17) is 0 Å². The van der Waals surface area contributed by atoms with Crippen molar-refractivity contribution in [2.45, 2.75) is 12.8 Å². The first-order chi connectivity index (χ1) is 13.3. The highest BCUT2D eigenvalue weighted by molar-refractivity contribution is 5.76. The standard InChI is InChI=1S/C17H9F5N4O2/c18-16(19)28-10-3-1-9(2-4-10)26-13-11(5-6-12(24-13)17(20,21)22)25-8-7-23-14(25)15(26)27/h1-8,16H. The van der Waals surface area contributed by atoms with Crippen LogP contribution in [0.25, 0.3) is 22.5 Å². The Morgan fingerprint density at radius 3 is 2.36 bits per heavy atom. The molecule has 0 saturated heterocycles. The summed E-state index contributed by atoms with van der Waals surface area (Å²) in [4.78, 5) is 20.4. The lowest BCUT2D eigenvalue weighted by Crippen LogP contribution is -2.23. The molecule has 0 aliphatic rings. The molecule has 11 heteroatoms. The number of alkyl halides is 5. The maximum atomic E-state index is 13.1. The van der Waals surface area contributed by atoms with Crippen LogP contribution in [-0.4, -0.2) is 25.5 Å². The lowest BCUT2D eigenvalue weighted by Gasteiger charge is -2.14. The Hall–Kier alpha value is -3.50. The Morgan fingerprint density at radius 1 is 1.00 bits per heavy atom. The largest absolute Gasteiger partial charge is 0.435 e. The normalized spacial score (nSPS) is 12.2. The summed E-state index contributed by atoms with van der Waals surface area (Å²) < 4.78 is 70.5. The molecule has 144 valence electrons. The monoisotopic (exact) mass is 396 g/mol. The van der Waals surface area contributed by atoms with Crippen molar-refractivity contribution in [2.75, 3.05) is 0 Å². The zero-order chi connectivity index (χ0) is 20.1. The van der Waals surface area contributed by atoms with E-state index in [1.165, 1.54) is 47.1 Å². The fourth-order valence-electron chi connectivity index (χ4n) is 2.82. The summed E-state index contributed by atoms with van der Waals surface area (Å²) >= 11 is 0. The number of rotatable bonds is 3. The minimum absolute atomic E-state index is 0.0260. The van der Waals surface area contributed by atoms with E-state index in [2.05, 4.69) is 14.7 Å². The molecule has 1 aromatic carbocycles. The average molecular weight is 396 g/mol. The highest BCUT2D eigenvalue weighted by Gasteiger charge is 2.33. The molecule has 6 nitrogen and oxygen atoms in total. The first-order valence-corrected chi connectivity index (χ1v) is 7.77. The van der Waals surface area contributed by atoms with Crippen molar-refractivity contribution in [3.63, 3.8) is 0 Å². The molecule has 0 fully saturated rings. The van der Waals surface area contributed by atoms with E-state index in [1.54, 1.807) is 0 Å². The third-order valence-electron chi connectivity index (χ3n) is 3.97. The summed E-state index contributed by atoms with van der Waals surface area (Å²) in [5, 5.41) is 0. The van der Waals surface area contributed by atoms with Crippen molar-refractivity contribution in [3.8, 4) is 11.4 Å². The first-order valence-electron chi connectivity index (χ1n) is 7.77. The lowest BCUT2D eigenvalue weighted by molar-refractivity contribution is -0.141. The van der Waals surface area contributed by atoms with E-state index in [0.717, 1.165) is 10.6 Å². The fourth-order valence-corrected chi connectivity index (χ4v) is 2.82. The van der Waals surface area contributed by atoms with Gasteiger partial charge in [0.1, 0.15) is 11.4 Å². The van der Waals surface area contributed by atoms with Crippen molar-refractivity contribution >= 4 is 16.8 Å². The molecule has 4 rings (SSSR count). The number of hydrogen-bond acceptors (Lipinski definition) is 4. The molecule has 0 unspecified atom stereocenters. The van der Waals surface area contributed by atoms with Crippen LogP contribution in [0.1, 0.15) is 5.69 Å². The molecule has 3 aromatic heterocycles. The van der Waals surface area contributed by atoms with Crippen LogP contribution >= 0.6 is 0 Å². The summed E-state index contributed by atoms with van der Waals surface area (Å²) in [6.07, 6.45) is -1.95. The highest BCUT2D eigenvalue weighted by atomic mass is 19.4. The number of imidazole rings is 1. The van der Waals surface area contributed by atoms with Crippen molar-refractivity contribution in [3.05, 3.63) is 64.8 Å². The van der Waals surface area contributed by atoms with E-state index in [-0.39, 0.29) is 28.2 Å². The molecule has 0 aliphatic carbocycles. The van der Waals surface area contributed by atoms with Gasteiger partial charge in [-0.1, -0.05) is 0 Å². The minimum Gasteiger partial charge on any atom is -0.435 e. The zero-order valence-electron chi connectivity index (χ0n) is 13.7. The number of pyridine rings is 1. The number of fused-ring (bicyclic) bond motifs is 3. The van der Waals surface area contributed by atoms with Gasteiger partial charge in [0.25, 0.3) is 5.56 Å². The second-order valence-corrected chi connectivity index (χ2v) is 5.67. The van der Waals surface area contributed by atoms with E-state index in [0.29, 0.717) is 0 Å². The molecule has 0 radical (unpaired) electrons. The quantitative estimate of drug-likeness (QED) is 0.496. The van der Waals surface area contributed by atoms with Crippen LogP contribution in [0.3, 0.4) is 0 Å². The SMILES string of the molecule is O=c1c2nccn2c2ccc(C(F)(F)F)nc2n1-c1ccc(OC(F)F)cc1. The van der Waals surface area contributed by atoms with Gasteiger partial charge in [0.05, 0.1) is 11.2 Å². The van der Waals surface area contributed by atoms with Gasteiger partial charge in [0.15, 0.2) is 5.65 Å². The number of aromatic nitrogens is 4. The Balaban J connectivity index is 2.02. The van der Waals surface area contributed by atoms with Crippen LogP contribution in [-0.2, 0) is 6.18 Å². The lowest BCUT2D eigenvalue weighted by atomic mass is 10.2. The van der Waals surface area contributed by atoms with E-state index in [9.17, 15) is 26.7 Å². The summed E-state index contributed by atoms with van der Waals surface area (Å²) in [7, 11) is 0. The van der Waals surface area contributed by atoms with Crippen LogP contribution in [0, 0.1) is 0 Å². The third-order valence-corrected chi connectivity index (χ3v) is 3.97. The molecular formula is C17H9F5N4O2. The smallest absolute Gasteiger partial charge is 0.433 e. The summed E-state index contributed by atoms with van der Waals surface area (Å²) in [5.41, 5.74) is -1.84. The Kier molecular flexibility index (Phi) is 4.02. The Labute approximate surface area is 152 Å². The van der Waals surface area contributed by atoms with Gasteiger partial charge in [-0.3, -0.25) is 13.8 Å². The molecule has 0 amide bonds. The molecule has 4 aromatic rings. The van der Waals surface area contributed by atoms with E-state index < -0.39 is 24.0 Å². The second kappa shape index (κ2) is 6.29. The van der Waals surface area contributed by atoms with Crippen molar-refractivity contribution < 1.29 is 26.7 Å². The van der Waals surface area contributed by atoms with Gasteiger partial charge in [-0.2, -0.15) is 22.0 Å². The molecule has 0 spiro atoms. The maximum Gasteiger partial charge on any atom is 0.433 e. The van der Waals surface area contributed by atoms with Gasteiger partial charge in [-0.05, 0) is 36.4 Å². The molecule has 28 heavy (non-hydrogen) atoms. The van der Waals surface area contributed by atoms with Gasteiger partial charge in [0.2, 0.25) is 5.65 Å². The van der Waals surface area contributed by atoms with Crippen LogP contribution < -0.4 is 10.3 Å². The number of ether oxygens (including phenoxy) is 1. The number of benzene rings is 1. The van der Waals surface area contributed by atoms with Crippen LogP contribution in [0.5, 0.6) is 5.75 Å². The zero-order valence-corrected chi connectivity index (χ0v) is 13.7. The number of hydrogen-bond donors (Lipinski definition) is 0. The molecule has 0 aliphatic heterocycles. The maximum absolute atomic E-state index is 13.1. The molecule has 0 N–H and O–H groups in total. The Bertz CT molecular complexity index is 1230. The predicted molar refractivity (Wildman–Crippen MR) is 87.7 cm³/mol. The number of nitrogens with zero attached hydrogens (tertiary/aromatic N) is 4. The topological polar surface area (TPSA) is 61.4 Å². The minimum atomic E-state index is -4.71. The van der Waals surface area contributed by atoms with Crippen molar-refractivity contribution in [2.24, 2.45) is 0 Å². The van der Waals surface area contributed by atoms with Crippen LogP contribution in [0.2, 0.25) is 0 Å². The van der Waals surface area contributed by atoms with E-state index >= 15 is 0 Å². The summed E-state index contributed by atoms with van der Waals surface area (Å²) in [6, 6.07) is 6.85. The third kappa shape index (κ3) is 2.94. The fraction of sp³-hybridized carbons (Fsp3) is 0.118. The molecule has 0 saturated carbocycles. The van der Waals surface area contributed by atoms with Gasteiger partial charge < -0.3 is 4.74 Å². The van der Waals surface area contributed by atoms with Gasteiger partial charge in [-0.25, -0.2) is 9.97 Å². The van der Waals surface area contributed by atoms with Crippen LogP contribution in [0.4, 0.5) is 22.0 Å². The molecular weight excluding hydrogens is 387 g/mol. The van der Waals surface area contributed by atoms with Crippen molar-refractivity contribution in [1.82, 2.24) is 18.9 Å². The number of halogens is 5. The summed E-state index contributed by atoms with van der Waals surface area (Å²) in [6.45, 7) is -3.04. The highest BCUT2D eigenvalue weighted by Crippen LogP contribution is 2.29. The average Bonchev–Trinajstić information content (AvgIpc) is 3.12.